The number of esters is 1. The molecule has 1 atom stereocenters. The number of hydrogen-bond donors (Lipinski definition) is 0. The van der Waals surface area contributed by atoms with E-state index in [2.05, 4.69) is 0 Å². The molecule has 128 valence electrons. The maximum Gasteiger partial charge on any atom is 0.330 e. The van der Waals surface area contributed by atoms with Crippen LogP contribution in [0.5, 0.6) is 5.75 Å². The minimum absolute atomic E-state index is 0.311. The molecule has 0 aliphatic rings. The molecule has 0 radical (unpaired) electrons. The van der Waals surface area contributed by atoms with Crippen LogP contribution < -0.4 is 9.04 Å². The Morgan fingerprint density at radius 2 is 1.58 bits per heavy atom. The smallest absolute Gasteiger partial charge is 0.330 e. The quantitative estimate of drug-likeness (QED) is 0.749. The van der Waals surface area contributed by atoms with E-state index in [9.17, 15) is 13.2 Å². The average molecular weight is 349 g/mol. The topological polar surface area (TPSA) is 72.9 Å². The number of benzene rings is 2. The maximum absolute atomic E-state index is 13.0. The van der Waals surface area contributed by atoms with Crippen LogP contribution in [0.1, 0.15) is 10.8 Å². The number of carbonyl (C=O) groups is 1. The number of rotatable bonds is 6. The summed E-state index contributed by atoms with van der Waals surface area (Å²) in [6.07, 6.45) is 0. The molecule has 0 amide bonds. The fraction of sp³-hybridized carbons (Fsp3) is 0.235. The highest BCUT2D eigenvalue weighted by Gasteiger charge is 2.38. The van der Waals surface area contributed by atoms with Gasteiger partial charge in [0.1, 0.15) is 5.75 Å². The van der Waals surface area contributed by atoms with Crippen molar-refractivity contribution in [2.75, 3.05) is 25.6 Å². The van der Waals surface area contributed by atoms with Gasteiger partial charge in [0.25, 0.3) is 10.0 Å². The summed E-state index contributed by atoms with van der Waals surface area (Å²) in [4.78, 5) is 12.2. The summed E-state index contributed by atoms with van der Waals surface area (Å²) < 4.78 is 36.8. The van der Waals surface area contributed by atoms with Crippen LogP contribution in [0.4, 0.5) is 5.69 Å². The summed E-state index contributed by atoms with van der Waals surface area (Å²) >= 11 is 0. The Morgan fingerprint density at radius 3 is 2.08 bits per heavy atom. The van der Waals surface area contributed by atoms with Gasteiger partial charge in [-0.1, -0.05) is 30.3 Å². The van der Waals surface area contributed by atoms with Gasteiger partial charge in [-0.2, -0.15) is 0 Å². The first kappa shape index (κ1) is 17.8. The molecule has 0 aromatic heterocycles. The number of ether oxygens (including phenoxy) is 2. The van der Waals surface area contributed by atoms with Gasteiger partial charge in [0.15, 0.2) is 0 Å². The zero-order valence-corrected chi connectivity index (χ0v) is 14.5. The molecule has 2 aromatic rings. The van der Waals surface area contributed by atoms with Gasteiger partial charge in [0.05, 0.1) is 19.9 Å². The molecule has 0 saturated carbocycles. The summed E-state index contributed by atoms with van der Waals surface area (Å²) in [6.45, 7) is 0. The van der Waals surface area contributed by atoms with E-state index in [-0.39, 0.29) is 0 Å². The SMILES string of the molecule is COC(=O)C(c1ccc(OC)cc1)S(=O)(=O)N(C)c1ccccc1. The third-order valence-corrected chi connectivity index (χ3v) is 5.67. The molecular formula is C17H19NO5S. The molecule has 0 aliphatic carbocycles. The Labute approximate surface area is 141 Å². The van der Waals surface area contributed by atoms with E-state index in [4.69, 9.17) is 9.47 Å². The monoisotopic (exact) mass is 349 g/mol. The van der Waals surface area contributed by atoms with Crippen LogP contribution in [-0.4, -0.2) is 35.7 Å². The molecule has 0 spiro atoms. The number of sulfonamides is 1. The zero-order chi connectivity index (χ0) is 17.7. The molecule has 1 unspecified atom stereocenters. The van der Waals surface area contributed by atoms with Crippen LogP contribution in [0.2, 0.25) is 0 Å². The Kier molecular flexibility index (Phi) is 5.46. The summed E-state index contributed by atoms with van der Waals surface area (Å²) in [5.74, 6) is -0.279. The maximum atomic E-state index is 13.0. The molecule has 2 rings (SSSR count). The van der Waals surface area contributed by atoms with Gasteiger partial charge in [-0.15, -0.1) is 0 Å². The molecule has 0 N–H and O–H groups in total. The molecule has 24 heavy (non-hydrogen) atoms. The Morgan fingerprint density at radius 1 is 1.00 bits per heavy atom. The number of para-hydroxylation sites is 1. The minimum atomic E-state index is -4.02. The molecule has 2 aromatic carbocycles. The highest BCUT2D eigenvalue weighted by molar-refractivity contribution is 7.93. The molecule has 0 saturated heterocycles. The molecular weight excluding hydrogens is 330 g/mol. The van der Waals surface area contributed by atoms with Crippen LogP contribution in [0.3, 0.4) is 0 Å². The van der Waals surface area contributed by atoms with Crippen molar-refractivity contribution in [3.05, 3.63) is 60.2 Å². The third-order valence-electron chi connectivity index (χ3n) is 3.63. The Hall–Kier alpha value is -2.54. The van der Waals surface area contributed by atoms with Crippen molar-refractivity contribution in [3.63, 3.8) is 0 Å². The number of carbonyl (C=O) groups excluding carboxylic acids is 1. The predicted molar refractivity (Wildman–Crippen MR) is 91.5 cm³/mol. The molecule has 6 nitrogen and oxygen atoms in total. The lowest BCUT2D eigenvalue weighted by atomic mass is 10.1. The lowest BCUT2D eigenvalue weighted by Gasteiger charge is -2.25. The third kappa shape index (κ3) is 3.51. The van der Waals surface area contributed by atoms with Crippen molar-refractivity contribution >= 4 is 21.7 Å². The number of anilines is 1. The van der Waals surface area contributed by atoms with E-state index in [0.717, 1.165) is 11.4 Å². The van der Waals surface area contributed by atoms with Gasteiger partial charge < -0.3 is 9.47 Å². The first-order chi connectivity index (χ1) is 11.4. The number of methoxy groups -OCH3 is 2. The van der Waals surface area contributed by atoms with Gasteiger partial charge >= 0.3 is 5.97 Å². The second-order valence-electron chi connectivity index (χ2n) is 5.02. The van der Waals surface area contributed by atoms with Crippen LogP contribution in [0, 0.1) is 0 Å². The van der Waals surface area contributed by atoms with Crippen molar-refractivity contribution in [2.45, 2.75) is 5.25 Å². The first-order valence-electron chi connectivity index (χ1n) is 7.16. The van der Waals surface area contributed by atoms with E-state index in [1.54, 1.807) is 42.5 Å². The van der Waals surface area contributed by atoms with Crippen LogP contribution in [-0.2, 0) is 19.6 Å². The van der Waals surface area contributed by atoms with Gasteiger partial charge in [-0.3, -0.25) is 9.10 Å². The second-order valence-corrected chi connectivity index (χ2v) is 7.07. The molecule has 0 fully saturated rings. The largest absolute Gasteiger partial charge is 0.497 e. The van der Waals surface area contributed by atoms with E-state index in [1.807, 2.05) is 0 Å². The Balaban J connectivity index is 2.48. The Bertz CT molecular complexity index is 787. The van der Waals surface area contributed by atoms with Crippen LogP contribution in [0.25, 0.3) is 0 Å². The summed E-state index contributed by atoms with van der Waals surface area (Å²) in [7, 11) is 0.0570. The first-order valence-corrected chi connectivity index (χ1v) is 8.66. The minimum Gasteiger partial charge on any atom is -0.497 e. The van der Waals surface area contributed by atoms with Crippen molar-refractivity contribution in [1.82, 2.24) is 0 Å². The van der Waals surface area contributed by atoms with Gasteiger partial charge in [0, 0.05) is 7.05 Å². The lowest BCUT2D eigenvalue weighted by molar-refractivity contribution is -0.140. The fourth-order valence-electron chi connectivity index (χ4n) is 2.26. The van der Waals surface area contributed by atoms with Crippen molar-refractivity contribution < 1.29 is 22.7 Å². The summed E-state index contributed by atoms with van der Waals surface area (Å²) in [6, 6.07) is 14.8. The molecule has 0 heterocycles. The van der Waals surface area contributed by atoms with E-state index in [0.29, 0.717) is 17.0 Å². The average Bonchev–Trinajstić information content (AvgIpc) is 2.62. The van der Waals surface area contributed by atoms with Gasteiger partial charge in [-0.25, -0.2) is 8.42 Å². The fourth-order valence-corrected chi connectivity index (χ4v) is 3.83. The van der Waals surface area contributed by atoms with Crippen molar-refractivity contribution in [2.24, 2.45) is 0 Å². The highest BCUT2D eigenvalue weighted by Crippen LogP contribution is 2.30. The summed E-state index contributed by atoms with van der Waals surface area (Å²) in [5.41, 5.74) is 0.769. The molecule has 0 bridgehead atoms. The van der Waals surface area contributed by atoms with Gasteiger partial charge in [-0.05, 0) is 29.8 Å². The van der Waals surface area contributed by atoms with Crippen molar-refractivity contribution in [1.29, 1.82) is 0 Å². The molecule has 7 heteroatoms. The normalized spacial score (nSPS) is 12.3. The summed E-state index contributed by atoms with van der Waals surface area (Å²) in [5, 5.41) is -1.46. The number of nitrogens with zero attached hydrogens (tertiary/aromatic N) is 1. The van der Waals surface area contributed by atoms with Crippen molar-refractivity contribution in [3.8, 4) is 5.75 Å². The van der Waals surface area contributed by atoms with E-state index in [1.165, 1.54) is 26.3 Å². The number of hydrogen-bond acceptors (Lipinski definition) is 5. The van der Waals surface area contributed by atoms with Gasteiger partial charge in [0.2, 0.25) is 5.25 Å². The molecule has 0 aliphatic heterocycles. The predicted octanol–water partition coefficient (Wildman–Crippen LogP) is 2.38. The standard InChI is InChI=1S/C17H19NO5S/c1-18(14-7-5-4-6-8-14)24(20,21)16(17(19)23-3)13-9-11-15(22-2)12-10-13/h4-12,16H,1-3H3. The zero-order valence-electron chi connectivity index (χ0n) is 13.7. The second kappa shape index (κ2) is 7.35. The van der Waals surface area contributed by atoms with E-state index < -0.39 is 21.2 Å². The lowest BCUT2D eigenvalue weighted by Crippen LogP contribution is -2.35. The van der Waals surface area contributed by atoms with Crippen LogP contribution in [0.15, 0.2) is 54.6 Å². The highest BCUT2D eigenvalue weighted by atomic mass is 32.2. The van der Waals surface area contributed by atoms with Crippen LogP contribution >= 0.6 is 0 Å². The van der Waals surface area contributed by atoms with E-state index >= 15 is 0 Å².